The van der Waals surface area contributed by atoms with Gasteiger partial charge in [-0.05, 0) is 61.0 Å². The number of likely N-dealkylation sites (tertiary alicyclic amines) is 1. The average Bonchev–Trinajstić information content (AvgIpc) is 3.46. The van der Waals surface area contributed by atoms with Gasteiger partial charge in [-0.15, -0.1) is 23.1 Å². The Labute approximate surface area is 205 Å². The molecule has 2 N–H and O–H groups in total. The molecule has 166 valence electrons. The number of benzene rings is 1. The van der Waals surface area contributed by atoms with Crippen LogP contribution in [0.3, 0.4) is 0 Å². The van der Waals surface area contributed by atoms with Crippen LogP contribution < -0.4 is 0 Å². The SMILES string of the molecule is CC(C(=O)O)N1C(=O)C2C3CC(C2C1=O)C1C(c2cccc(Br)c2)c2sc(=S)[nH]c2SC31. The smallest absolute Gasteiger partial charge is 0.326 e. The van der Waals surface area contributed by atoms with Gasteiger partial charge in [-0.3, -0.25) is 14.5 Å². The van der Waals surface area contributed by atoms with Crippen molar-refractivity contribution in [3.63, 3.8) is 0 Å². The Kier molecular flexibility index (Phi) is 4.78. The normalized spacial score (nSPS) is 35.6. The molecule has 8 atom stereocenters. The maximum atomic E-state index is 13.4. The van der Waals surface area contributed by atoms with E-state index in [4.69, 9.17) is 12.2 Å². The number of aromatic nitrogens is 1. The van der Waals surface area contributed by atoms with Crippen LogP contribution in [-0.4, -0.2) is 44.1 Å². The van der Waals surface area contributed by atoms with Crippen molar-refractivity contribution in [2.24, 2.45) is 29.6 Å². The molecule has 3 fully saturated rings. The zero-order chi connectivity index (χ0) is 22.5. The first kappa shape index (κ1) is 21.1. The van der Waals surface area contributed by atoms with E-state index in [0.717, 1.165) is 24.8 Å². The van der Waals surface area contributed by atoms with E-state index in [1.54, 1.807) is 23.1 Å². The molecule has 0 radical (unpaired) electrons. The van der Waals surface area contributed by atoms with Crippen LogP contribution in [0.4, 0.5) is 0 Å². The molecule has 2 saturated carbocycles. The standard InChI is InChI=1S/C22H19BrN2O4S3/c1-7(21(28)29)25-19(26)14-10-6-11(15(14)20(25)27)16-13(10)12(8-3-2-4-9(23)5-8)17-18(31-16)24-22(30)32-17/h2-5,7,10-16H,6H2,1H3,(H,24,30)(H,28,29). The number of aliphatic carboxylic acids is 1. The molecule has 3 heterocycles. The number of fused-ring (bicyclic) bond motifs is 9. The molecule has 2 aliphatic heterocycles. The lowest BCUT2D eigenvalue weighted by Gasteiger charge is -2.43. The average molecular weight is 552 g/mol. The van der Waals surface area contributed by atoms with Gasteiger partial charge < -0.3 is 10.1 Å². The van der Waals surface area contributed by atoms with Crippen molar-refractivity contribution in [3.8, 4) is 0 Å². The van der Waals surface area contributed by atoms with Crippen LogP contribution in [0.15, 0.2) is 33.8 Å². The molecular formula is C22H19BrN2O4S3. The van der Waals surface area contributed by atoms with Gasteiger partial charge in [-0.25, -0.2) is 4.79 Å². The molecule has 6 rings (SSSR count). The molecule has 8 unspecified atom stereocenters. The molecule has 2 amide bonds. The third-order valence-electron chi connectivity index (χ3n) is 7.71. The summed E-state index contributed by atoms with van der Waals surface area (Å²) in [4.78, 5) is 43.8. The molecule has 1 aromatic carbocycles. The number of nitrogens with one attached hydrogen (secondary N) is 1. The number of amides is 2. The third-order valence-corrected chi connectivity index (χ3v) is 11.1. The first-order valence-electron chi connectivity index (χ1n) is 10.5. The number of carbonyl (C=O) groups excluding carboxylic acids is 2. The largest absolute Gasteiger partial charge is 0.480 e. The summed E-state index contributed by atoms with van der Waals surface area (Å²) in [5, 5.41) is 10.7. The molecule has 32 heavy (non-hydrogen) atoms. The van der Waals surface area contributed by atoms with Gasteiger partial charge in [0.15, 0.2) is 3.95 Å². The number of carboxylic acids is 1. The molecule has 6 nitrogen and oxygen atoms in total. The van der Waals surface area contributed by atoms with Gasteiger partial charge in [0.25, 0.3) is 0 Å². The Balaban J connectivity index is 1.46. The zero-order valence-corrected chi connectivity index (χ0v) is 20.9. The minimum absolute atomic E-state index is 0.0535. The number of H-pyrrole nitrogens is 1. The van der Waals surface area contributed by atoms with Crippen molar-refractivity contribution >= 4 is 69.0 Å². The van der Waals surface area contributed by atoms with Crippen molar-refractivity contribution in [1.29, 1.82) is 0 Å². The van der Waals surface area contributed by atoms with E-state index in [2.05, 4.69) is 33.0 Å². The number of halogens is 1. The fraction of sp³-hybridized carbons (Fsp3) is 0.455. The lowest BCUT2D eigenvalue weighted by molar-refractivity contribution is -0.154. The molecule has 10 heteroatoms. The summed E-state index contributed by atoms with van der Waals surface area (Å²) >= 11 is 12.4. The van der Waals surface area contributed by atoms with Crippen LogP contribution in [0.1, 0.15) is 29.7 Å². The van der Waals surface area contributed by atoms with E-state index >= 15 is 0 Å². The minimum Gasteiger partial charge on any atom is -0.480 e. The Morgan fingerprint density at radius 3 is 2.69 bits per heavy atom. The molecule has 0 spiro atoms. The summed E-state index contributed by atoms with van der Waals surface area (Å²) in [6.07, 6.45) is 0.838. The predicted molar refractivity (Wildman–Crippen MR) is 126 cm³/mol. The summed E-state index contributed by atoms with van der Waals surface area (Å²) in [6.45, 7) is 1.42. The van der Waals surface area contributed by atoms with E-state index in [1.165, 1.54) is 17.4 Å². The maximum Gasteiger partial charge on any atom is 0.326 e. The number of thiazole rings is 1. The van der Waals surface area contributed by atoms with Crippen LogP contribution in [-0.2, 0) is 14.4 Å². The highest BCUT2D eigenvalue weighted by Crippen LogP contribution is 2.68. The number of carboxylic acid groups (broad SMARTS) is 1. The van der Waals surface area contributed by atoms with Gasteiger partial charge in [-0.2, -0.15) is 0 Å². The van der Waals surface area contributed by atoms with Crippen LogP contribution in [0, 0.1) is 33.5 Å². The van der Waals surface area contributed by atoms with E-state index < -0.39 is 23.8 Å². The highest BCUT2D eigenvalue weighted by molar-refractivity contribution is 9.10. The van der Waals surface area contributed by atoms with Crippen molar-refractivity contribution in [2.45, 2.75) is 35.6 Å². The number of hydrogen-bond acceptors (Lipinski definition) is 6. The van der Waals surface area contributed by atoms with Crippen LogP contribution in [0.5, 0.6) is 0 Å². The van der Waals surface area contributed by atoms with E-state index in [1.807, 2.05) is 12.1 Å². The Bertz CT molecular complexity index is 1240. The number of aromatic amines is 1. The van der Waals surface area contributed by atoms with E-state index in [9.17, 15) is 19.5 Å². The monoisotopic (exact) mass is 550 g/mol. The van der Waals surface area contributed by atoms with Crippen molar-refractivity contribution in [2.75, 3.05) is 0 Å². The number of imide groups is 1. The van der Waals surface area contributed by atoms with Gasteiger partial charge in [-0.1, -0.05) is 28.1 Å². The summed E-state index contributed by atoms with van der Waals surface area (Å²) in [7, 11) is 0. The molecule has 1 aromatic heterocycles. The predicted octanol–water partition coefficient (Wildman–Crippen LogP) is 4.51. The minimum atomic E-state index is -1.15. The Morgan fingerprint density at radius 1 is 1.28 bits per heavy atom. The molecule has 2 bridgehead atoms. The Morgan fingerprint density at radius 2 is 2.00 bits per heavy atom. The second-order valence-corrected chi connectivity index (χ2v) is 12.9. The van der Waals surface area contributed by atoms with Crippen LogP contribution in [0.25, 0.3) is 0 Å². The van der Waals surface area contributed by atoms with E-state index in [0.29, 0.717) is 0 Å². The number of thioether (sulfide) groups is 1. The van der Waals surface area contributed by atoms with Gasteiger partial charge >= 0.3 is 5.97 Å². The van der Waals surface area contributed by atoms with Crippen molar-refractivity contribution in [1.82, 2.24) is 9.88 Å². The fourth-order valence-corrected chi connectivity index (χ4v) is 10.4. The molecule has 2 aliphatic carbocycles. The Hall–Kier alpha value is -1.49. The number of rotatable bonds is 3. The molecule has 1 saturated heterocycles. The highest BCUT2D eigenvalue weighted by Gasteiger charge is 2.70. The lowest BCUT2D eigenvalue weighted by atomic mass is 9.68. The first-order chi connectivity index (χ1) is 15.3. The summed E-state index contributed by atoms with van der Waals surface area (Å²) in [5.41, 5.74) is 1.18. The second kappa shape index (κ2) is 7.25. The summed E-state index contributed by atoms with van der Waals surface area (Å²) < 4.78 is 1.74. The topological polar surface area (TPSA) is 90.5 Å². The van der Waals surface area contributed by atoms with Gasteiger partial charge in [0.05, 0.1) is 16.9 Å². The van der Waals surface area contributed by atoms with Crippen LogP contribution >= 0.6 is 51.2 Å². The molecule has 4 aliphatic rings. The van der Waals surface area contributed by atoms with Crippen LogP contribution in [0.2, 0.25) is 0 Å². The van der Waals surface area contributed by atoms with E-state index in [-0.39, 0.29) is 40.7 Å². The van der Waals surface area contributed by atoms with Crippen molar-refractivity contribution in [3.05, 3.63) is 43.1 Å². The number of carbonyl (C=O) groups is 3. The number of hydrogen-bond donors (Lipinski definition) is 2. The zero-order valence-electron chi connectivity index (χ0n) is 16.9. The maximum absolute atomic E-state index is 13.4. The molecular weight excluding hydrogens is 532 g/mol. The quantitative estimate of drug-likeness (QED) is 0.431. The third kappa shape index (κ3) is 2.75. The highest BCUT2D eigenvalue weighted by atomic mass is 79.9. The van der Waals surface area contributed by atoms with Gasteiger partial charge in [0.1, 0.15) is 6.04 Å². The lowest BCUT2D eigenvalue weighted by Crippen LogP contribution is -2.44. The first-order valence-corrected chi connectivity index (χ1v) is 13.4. The fourth-order valence-electron chi connectivity index (χ4n) is 6.61. The second-order valence-electron chi connectivity index (χ2n) is 9.08. The summed E-state index contributed by atoms with van der Waals surface area (Å²) in [5.74, 6) is -2.16. The van der Waals surface area contributed by atoms with Gasteiger partial charge in [0.2, 0.25) is 11.8 Å². The van der Waals surface area contributed by atoms with Crippen molar-refractivity contribution < 1.29 is 19.5 Å². The molecule has 2 aromatic rings. The number of nitrogens with zero attached hydrogens (tertiary/aromatic N) is 1. The summed E-state index contributed by atoms with van der Waals surface area (Å²) in [6, 6.07) is 7.15. The van der Waals surface area contributed by atoms with Gasteiger partial charge in [0, 0.05) is 20.5 Å².